The lowest BCUT2D eigenvalue weighted by molar-refractivity contribution is 0.318. The lowest BCUT2D eigenvalue weighted by Gasteiger charge is -2.19. The van der Waals surface area contributed by atoms with Gasteiger partial charge in [-0.05, 0) is 18.6 Å². The normalized spacial score (nSPS) is 11.4. The maximum Gasteiger partial charge on any atom is 0.170 e. The molecule has 110 valence electrons. The summed E-state index contributed by atoms with van der Waals surface area (Å²) in [5, 5.41) is 11.8. The number of hydrogen-bond acceptors (Lipinski definition) is 5. The van der Waals surface area contributed by atoms with E-state index in [1.807, 2.05) is 36.2 Å². The van der Waals surface area contributed by atoms with Crippen LogP contribution < -0.4 is 10.6 Å². The van der Waals surface area contributed by atoms with Crippen molar-refractivity contribution in [2.24, 2.45) is 10.9 Å². The fourth-order valence-corrected chi connectivity index (χ4v) is 2.03. The summed E-state index contributed by atoms with van der Waals surface area (Å²) in [6, 6.07) is 9.40. The highest BCUT2D eigenvalue weighted by atomic mass is 16.4. The van der Waals surface area contributed by atoms with Crippen LogP contribution in [0.2, 0.25) is 0 Å². The number of benzene rings is 1. The minimum absolute atomic E-state index is 0.0830. The molecule has 0 aliphatic rings. The molecule has 3 N–H and O–H groups in total. The third kappa shape index (κ3) is 3.47. The molecule has 0 radical (unpaired) electrons. The third-order valence-corrected chi connectivity index (χ3v) is 3.20. The van der Waals surface area contributed by atoms with E-state index < -0.39 is 0 Å². The summed E-state index contributed by atoms with van der Waals surface area (Å²) < 4.78 is 0. The molecule has 6 nitrogen and oxygen atoms in total. The van der Waals surface area contributed by atoms with Crippen molar-refractivity contribution in [3.8, 4) is 0 Å². The Kier molecular flexibility index (Phi) is 4.71. The maximum atomic E-state index is 8.76. The number of amidine groups is 1. The fourth-order valence-electron chi connectivity index (χ4n) is 2.03. The molecule has 0 aliphatic carbocycles. The second-order valence-electron chi connectivity index (χ2n) is 4.71. The number of oxime groups is 1. The van der Waals surface area contributed by atoms with E-state index in [-0.39, 0.29) is 5.84 Å². The van der Waals surface area contributed by atoms with Gasteiger partial charge < -0.3 is 15.8 Å². The van der Waals surface area contributed by atoms with Gasteiger partial charge in [0.2, 0.25) is 0 Å². The zero-order valence-electron chi connectivity index (χ0n) is 12.2. The van der Waals surface area contributed by atoms with E-state index in [9.17, 15) is 0 Å². The van der Waals surface area contributed by atoms with Gasteiger partial charge in [-0.15, -0.1) is 0 Å². The van der Waals surface area contributed by atoms with E-state index in [4.69, 9.17) is 10.9 Å². The van der Waals surface area contributed by atoms with Gasteiger partial charge in [0.05, 0.1) is 0 Å². The van der Waals surface area contributed by atoms with Gasteiger partial charge in [0.25, 0.3) is 0 Å². The van der Waals surface area contributed by atoms with Gasteiger partial charge in [-0.1, -0.05) is 30.6 Å². The summed E-state index contributed by atoms with van der Waals surface area (Å²) in [5.41, 5.74) is 8.20. The van der Waals surface area contributed by atoms with Crippen molar-refractivity contribution in [1.82, 2.24) is 9.97 Å². The van der Waals surface area contributed by atoms with Crippen LogP contribution in [0.5, 0.6) is 0 Å². The van der Waals surface area contributed by atoms with E-state index in [1.165, 1.54) is 0 Å². The number of rotatable bonds is 5. The molecule has 0 spiro atoms. The van der Waals surface area contributed by atoms with Crippen LogP contribution in [0.1, 0.15) is 24.6 Å². The Hall–Kier alpha value is -2.63. The Balaban J connectivity index is 2.31. The highest BCUT2D eigenvalue weighted by Crippen LogP contribution is 2.22. The molecule has 0 aliphatic heterocycles. The molecule has 2 rings (SSSR count). The number of anilines is 2. The van der Waals surface area contributed by atoms with E-state index in [2.05, 4.69) is 22.0 Å². The molecule has 0 bridgehead atoms. The van der Waals surface area contributed by atoms with Gasteiger partial charge in [-0.25, -0.2) is 9.97 Å². The molecular weight excluding hydrogens is 266 g/mol. The van der Waals surface area contributed by atoms with Crippen LogP contribution in [0.25, 0.3) is 0 Å². The smallest absolute Gasteiger partial charge is 0.170 e. The second kappa shape index (κ2) is 6.69. The summed E-state index contributed by atoms with van der Waals surface area (Å²) in [6.07, 6.45) is 3.54. The number of nitrogens with two attached hydrogens (primary N) is 1. The van der Waals surface area contributed by atoms with Crippen molar-refractivity contribution in [2.45, 2.75) is 19.8 Å². The molecule has 21 heavy (non-hydrogen) atoms. The molecule has 0 saturated heterocycles. The first kappa shape index (κ1) is 14.8. The largest absolute Gasteiger partial charge is 0.409 e. The second-order valence-corrected chi connectivity index (χ2v) is 4.71. The molecule has 1 aromatic carbocycles. The van der Waals surface area contributed by atoms with E-state index in [0.717, 1.165) is 30.0 Å². The van der Waals surface area contributed by atoms with E-state index in [1.54, 1.807) is 12.4 Å². The van der Waals surface area contributed by atoms with Gasteiger partial charge >= 0.3 is 0 Å². The summed E-state index contributed by atoms with van der Waals surface area (Å²) in [6.45, 7) is 2.12. The Morgan fingerprint density at radius 3 is 2.86 bits per heavy atom. The first-order valence-electron chi connectivity index (χ1n) is 6.78. The van der Waals surface area contributed by atoms with Crippen LogP contribution in [0.15, 0.2) is 41.8 Å². The van der Waals surface area contributed by atoms with Crippen molar-refractivity contribution in [3.63, 3.8) is 0 Å². The Morgan fingerprint density at radius 1 is 1.33 bits per heavy atom. The van der Waals surface area contributed by atoms with Crippen LogP contribution in [-0.4, -0.2) is 28.1 Å². The molecule has 0 saturated carbocycles. The molecule has 0 fully saturated rings. The Bertz CT molecular complexity index is 641. The van der Waals surface area contributed by atoms with Crippen molar-refractivity contribution in [3.05, 3.63) is 47.9 Å². The molecule has 0 unspecified atom stereocenters. The topological polar surface area (TPSA) is 87.6 Å². The van der Waals surface area contributed by atoms with Crippen LogP contribution >= 0.6 is 0 Å². The van der Waals surface area contributed by atoms with Crippen LogP contribution in [0.3, 0.4) is 0 Å². The van der Waals surface area contributed by atoms with E-state index in [0.29, 0.717) is 5.56 Å². The average molecular weight is 285 g/mol. The zero-order chi connectivity index (χ0) is 15.2. The molecule has 0 amide bonds. The predicted octanol–water partition coefficient (Wildman–Crippen LogP) is 2.29. The fraction of sp³-hybridized carbons (Fsp3) is 0.267. The number of aromatic nitrogens is 2. The van der Waals surface area contributed by atoms with E-state index >= 15 is 0 Å². The monoisotopic (exact) mass is 285 g/mol. The van der Waals surface area contributed by atoms with Gasteiger partial charge in [-0.3, -0.25) is 0 Å². The summed E-state index contributed by atoms with van der Waals surface area (Å²) >= 11 is 0. The van der Waals surface area contributed by atoms with Gasteiger partial charge in [-0.2, -0.15) is 0 Å². The van der Waals surface area contributed by atoms with Crippen LogP contribution in [0, 0.1) is 0 Å². The number of nitrogens with zero attached hydrogens (tertiary/aromatic N) is 4. The van der Waals surface area contributed by atoms with Crippen LogP contribution in [-0.2, 0) is 6.42 Å². The lowest BCUT2D eigenvalue weighted by atomic mass is 10.1. The minimum Gasteiger partial charge on any atom is -0.409 e. The molecule has 2 aromatic rings. The van der Waals surface area contributed by atoms with Crippen LogP contribution in [0.4, 0.5) is 11.5 Å². The lowest BCUT2D eigenvalue weighted by Crippen LogP contribution is -2.16. The standard InChI is InChI=1S/C15H19N5O/c1-3-5-12-9-14(18-10-17-12)20(2)13-7-4-6-11(8-13)15(16)19-21/h4,6-10,21H,3,5H2,1-2H3,(H2,16,19). The average Bonchev–Trinajstić information content (AvgIpc) is 2.54. The predicted molar refractivity (Wildman–Crippen MR) is 83.0 cm³/mol. The molecule has 1 aromatic heterocycles. The summed E-state index contributed by atoms with van der Waals surface area (Å²) in [5.74, 6) is 0.893. The minimum atomic E-state index is 0.0830. The number of aryl methyl sites for hydroxylation is 1. The van der Waals surface area contributed by atoms with Crippen molar-refractivity contribution in [2.75, 3.05) is 11.9 Å². The molecule has 1 heterocycles. The highest BCUT2D eigenvalue weighted by Gasteiger charge is 2.08. The Morgan fingerprint density at radius 2 is 2.14 bits per heavy atom. The van der Waals surface area contributed by atoms with Gasteiger partial charge in [0, 0.05) is 30.1 Å². The quantitative estimate of drug-likeness (QED) is 0.381. The third-order valence-electron chi connectivity index (χ3n) is 3.20. The van der Waals surface area contributed by atoms with Gasteiger partial charge in [0.1, 0.15) is 12.1 Å². The summed E-state index contributed by atoms with van der Waals surface area (Å²) in [7, 11) is 1.92. The van der Waals surface area contributed by atoms with Gasteiger partial charge in [0.15, 0.2) is 5.84 Å². The van der Waals surface area contributed by atoms with Crippen molar-refractivity contribution >= 4 is 17.3 Å². The first-order chi connectivity index (χ1) is 10.2. The summed E-state index contributed by atoms with van der Waals surface area (Å²) in [4.78, 5) is 10.5. The SMILES string of the molecule is CCCc1cc(N(C)c2cccc(C(N)=NO)c2)ncn1. The molecule has 0 atom stereocenters. The zero-order valence-corrected chi connectivity index (χ0v) is 12.2. The Labute approximate surface area is 123 Å². The van der Waals surface area contributed by atoms with Crippen molar-refractivity contribution in [1.29, 1.82) is 0 Å². The molecule has 6 heteroatoms. The van der Waals surface area contributed by atoms with Crippen molar-refractivity contribution < 1.29 is 5.21 Å². The molecular formula is C15H19N5O. The maximum absolute atomic E-state index is 8.76. The number of hydrogen-bond donors (Lipinski definition) is 2. The highest BCUT2D eigenvalue weighted by molar-refractivity contribution is 5.97. The first-order valence-corrected chi connectivity index (χ1v) is 6.78.